The predicted octanol–water partition coefficient (Wildman–Crippen LogP) is 4.09. The average molecular weight is 323 g/mol. The lowest BCUT2D eigenvalue weighted by Gasteiger charge is -2.16. The number of carbonyl (C=O) groups excluding carboxylic acids is 1. The molecule has 16 heavy (non-hydrogen) atoms. The van der Waals surface area contributed by atoms with Crippen LogP contribution in [0.4, 0.5) is 0 Å². The van der Waals surface area contributed by atoms with Gasteiger partial charge in [0.25, 0.3) is 0 Å². The summed E-state index contributed by atoms with van der Waals surface area (Å²) in [7, 11) is 0. The van der Waals surface area contributed by atoms with E-state index >= 15 is 0 Å². The number of thiophene rings is 1. The van der Waals surface area contributed by atoms with Crippen LogP contribution in [0.2, 0.25) is 0 Å². The van der Waals surface area contributed by atoms with Crippen molar-refractivity contribution in [3.05, 3.63) is 20.8 Å². The maximum absolute atomic E-state index is 11.4. The highest BCUT2D eigenvalue weighted by Gasteiger charge is 2.14. The first-order chi connectivity index (χ1) is 7.37. The molecule has 0 fully saturated rings. The Hall–Kier alpha value is -0.000000000000000111. The molecule has 0 unspecified atom stereocenters. The predicted molar refractivity (Wildman–Crippen MR) is 74.0 cm³/mol. The fourth-order valence-electron chi connectivity index (χ4n) is 0.902. The highest BCUT2D eigenvalue weighted by Crippen LogP contribution is 2.24. The lowest BCUT2D eigenvalue weighted by atomic mass is 10.3. The molecule has 0 aromatic carbocycles. The zero-order valence-corrected chi connectivity index (χ0v) is 12.8. The van der Waals surface area contributed by atoms with Crippen molar-refractivity contribution in [2.24, 2.45) is 0 Å². The summed E-state index contributed by atoms with van der Waals surface area (Å²) in [6, 6.07) is 1.97. The SMILES string of the molecule is CC(C)(C)SCC(=O)OCc1csc(Br)c1. The average Bonchev–Trinajstić information content (AvgIpc) is 2.57. The largest absolute Gasteiger partial charge is 0.460 e. The van der Waals surface area contributed by atoms with Crippen molar-refractivity contribution in [3.8, 4) is 0 Å². The summed E-state index contributed by atoms with van der Waals surface area (Å²) >= 11 is 6.56. The summed E-state index contributed by atoms with van der Waals surface area (Å²) in [6.07, 6.45) is 0. The number of hydrogen-bond donors (Lipinski definition) is 0. The minimum atomic E-state index is -0.151. The molecule has 1 heterocycles. The zero-order valence-electron chi connectivity index (χ0n) is 9.58. The van der Waals surface area contributed by atoms with E-state index in [1.807, 2.05) is 11.4 Å². The molecule has 1 aromatic rings. The molecule has 0 spiro atoms. The van der Waals surface area contributed by atoms with Crippen LogP contribution in [0.25, 0.3) is 0 Å². The van der Waals surface area contributed by atoms with Gasteiger partial charge in [-0.25, -0.2) is 0 Å². The molecule has 0 amide bonds. The van der Waals surface area contributed by atoms with Crippen LogP contribution in [0.15, 0.2) is 15.2 Å². The number of halogens is 1. The third-order valence-electron chi connectivity index (χ3n) is 1.64. The fourth-order valence-corrected chi connectivity index (χ4v) is 2.73. The van der Waals surface area contributed by atoms with Crippen LogP contribution in [0.3, 0.4) is 0 Å². The lowest BCUT2D eigenvalue weighted by molar-refractivity contribution is -0.141. The van der Waals surface area contributed by atoms with E-state index in [0.717, 1.165) is 9.35 Å². The van der Waals surface area contributed by atoms with Gasteiger partial charge in [-0.2, -0.15) is 0 Å². The minimum Gasteiger partial charge on any atom is -0.460 e. The zero-order chi connectivity index (χ0) is 12.2. The molecule has 0 saturated carbocycles. The molecule has 0 bridgehead atoms. The molecule has 1 aromatic heterocycles. The number of ether oxygens (including phenoxy) is 1. The number of thioether (sulfide) groups is 1. The van der Waals surface area contributed by atoms with Gasteiger partial charge in [0.1, 0.15) is 6.61 Å². The van der Waals surface area contributed by atoms with E-state index in [2.05, 4.69) is 36.7 Å². The molecular formula is C11H15BrO2S2. The van der Waals surface area contributed by atoms with Gasteiger partial charge in [0, 0.05) is 10.3 Å². The van der Waals surface area contributed by atoms with Crippen molar-refractivity contribution in [1.82, 2.24) is 0 Å². The molecule has 0 aliphatic carbocycles. The summed E-state index contributed by atoms with van der Waals surface area (Å²) in [5.74, 6) is 0.261. The molecule has 5 heteroatoms. The second-order valence-corrected chi connectivity index (χ2v) is 8.41. The third kappa shape index (κ3) is 5.92. The standard InChI is InChI=1S/C11H15BrO2S2/c1-11(2,3)16-7-10(13)14-5-8-4-9(12)15-6-8/h4,6H,5,7H2,1-3H3. The second-order valence-electron chi connectivity index (χ2n) is 4.32. The van der Waals surface area contributed by atoms with E-state index in [0.29, 0.717) is 12.4 Å². The molecule has 0 saturated heterocycles. The van der Waals surface area contributed by atoms with Gasteiger partial charge in [-0.3, -0.25) is 4.79 Å². The van der Waals surface area contributed by atoms with Crippen LogP contribution in [-0.2, 0) is 16.1 Å². The Balaban J connectivity index is 2.25. The minimum absolute atomic E-state index is 0.102. The highest BCUT2D eigenvalue weighted by molar-refractivity contribution is 9.11. The summed E-state index contributed by atoms with van der Waals surface area (Å²) in [6.45, 7) is 6.62. The van der Waals surface area contributed by atoms with Crippen molar-refractivity contribution < 1.29 is 9.53 Å². The van der Waals surface area contributed by atoms with Crippen molar-refractivity contribution in [3.63, 3.8) is 0 Å². The number of rotatable bonds is 4. The van der Waals surface area contributed by atoms with E-state index in [4.69, 9.17) is 4.74 Å². The number of esters is 1. The van der Waals surface area contributed by atoms with Gasteiger partial charge in [-0.05, 0) is 27.4 Å². The summed E-state index contributed by atoms with van der Waals surface area (Å²) in [5, 5.41) is 1.98. The highest BCUT2D eigenvalue weighted by atomic mass is 79.9. The first-order valence-corrected chi connectivity index (χ1v) is 7.55. The fraction of sp³-hybridized carbons (Fsp3) is 0.545. The van der Waals surface area contributed by atoms with Crippen molar-refractivity contribution >= 4 is 45.0 Å². The van der Waals surface area contributed by atoms with E-state index in [1.165, 1.54) is 0 Å². The molecule has 1 rings (SSSR count). The number of hydrogen-bond acceptors (Lipinski definition) is 4. The molecule has 0 N–H and O–H groups in total. The first-order valence-electron chi connectivity index (χ1n) is 4.89. The van der Waals surface area contributed by atoms with Gasteiger partial charge in [0.15, 0.2) is 0 Å². The lowest BCUT2D eigenvalue weighted by Crippen LogP contribution is -2.14. The molecule has 0 aliphatic rings. The van der Waals surface area contributed by atoms with E-state index in [9.17, 15) is 4.79 Å². The van der Waals surface area contributed by atoms with Crippen LogP contribution in [-0.4, -0.2) is 16.5 Å². The molecule has 90 valence electrons. The Kier molecular flexibility index (Phi) is 5.34. The topological polar surface area (TPSA) is 26.3 Å². The van der Waals surface area contributed by atoms with Crippen LogP contribution in [0, 0.1) is 0 Å². The Morgan fingerprint density at radius 2 is 2.25 bits per heavy atom. The molecule has 0 atom stereocenters. The molecular weight excluding hydrogens is 308 g/mol. The molecule has 0 radical (unpaired) electrons. The van der Waals surface area contributed by atoms with E-state index in [1.54, 1.807) is 23.1 Å². The van der Waals surface area contributed by atoms with E-state index in [-0.39, 0.29) is 10.7 Å². The van der Waals surface area contributed by atoms with Gasteiger partial charge in [-0.15, -0.1) is 23.1 Å². The van der Waals surface area contributed by atoms with E-state index < -0.39 is 0 Å². The van der Waals surface area contributed by atoms with Gasteiger partial charge in [0.2, 0.25) is 0 Å². The van der Waals surface area contributed by atoms with Crippen molar-refractivity contribution in [2.75, 3.05) is 5.75 Å². The van der Waals surface area contributed by atoms with Crippen LogP contribution in [0.5, 0.6) is 0 Å². The monoisotopic (exact) mass is 322 g/mol. The van der Waals surface area contributed by atoms with Crippen LogP contribution < -0.4 is 0 Å². The quantitative estimate of drug-likeness (QED) is 0.781. The maximum Gasteiger partial charge on any atom is 0.316 e. The van der Waals surface area contributed by atoms with Crippen LogP contribution >= 0.6 is 39.0 Å². The normalized spacial score (nSPS) is 11.5. The summed E-state index contributed by atoms with van der Waals surface area (Å²) < 4.78 is 6.32. The third-order valence-corrected chi connectivity index (χ3v) is 4.44. The smallest absolute Gasteiger partial charge is 0.316 e. The summed E-state index contributed by atoms with van der Waals surface area (Å²) in [4.78, 5) is 11.4. The van der Waals surface area contributed by atoms with Gasteiger partial charge in [-0.1, -0.05) is 20.8 Å². The van der Waals surface area contributed by atoms with Gasteiger partial charge in [0.05, 0.1) is 9.54 Å². The van der Waals surface area contributed by atoms with Gasteiger partial charge < -0.3 is 4.74 Å². The van der Waals surface area contributed by atoms with Crippen molar-refractivity contribution in [2.45, 2.75) is 32.1 Å². The Morgan fingerprint density at radius 3 is 2.75 bits per heavy atom. The molecule has 0 aliphatic heterocycles. The Labute approximate surface area is 113 Å². The maximum atomic E-state index is 11.4. The summed E-state index contributed by atoms with van der Waals surface area (Å²) in [5.41, 5.74) is 1.03. The Morgan fingerprint density at radius 1 is 1.56 bits per heavy atom. The first kappa shape index (κ1) is 14.1. The van der Waals surface area contributed by atoms with Gasteiger partial charge >= 0.3 is 5.97 Å². The Bertz CT molecular complexity index is 355. The van der Waals surface area contributed by atoms with Crippen molar-refractivity contribution in [1.29, 1.82) is 0 Å². The second kappa shape index (κ2) is 6.07. The van der Waals surface area contributed by atoms with Crippen LogP contribution in [0.1, 0.15) is 26.3 Å². The number of carbonyl (C=O) groups is 1. The molecule has 2 nitrogen and oxygen atoms in total.